The van der Waals surface area contributed by atoms with Crippen LogP contribution in [-0.2, 0) is 14.4 Å². The first-order chi connectivity index (χ1) is 18.7. The van der Waals surface area contributed by atoms with Gasteiger partial charge in [-0.15, -0.1) is 0 Å². The van der Waals surface area contributed by atoms with Gasteiger partial charge in [0.25, 0.3) is 0 Å². The number of urea groups is 1. The number of para-hydroxylation sites is 1. The van der Waals surface area contributed by atoms with Crippen molar-refractivity contribution in [2.24, 2.45) is 29.6 Å². The summed E-state index contributed by atoms with van der Waals surface area (Å²) in [6.07, 6.45) is 6.59. The molecule has 6 aliphatic rings. The minimum atomic E-state index is -1.17. The van der Waals surface area contributed by atoms with Crippen molar-refractivity contribution >= 4 is 29.5 Å². The predicted molar refractivity (Wildman–Crippen MR) is 144 cm³/mol. The maximum atomic E-state index is 13.2. The second kappa shape index (κ2) is 10.0. The maximum absolute atomic E-state index is 13.2. The smallest absolute Gasteiger partial charge is 0.328 e. The molecular weight excluding hydrogens is 498 g/mol. The number of hydrogen-bond donors (Lipinski definition) is 3. The van der Waals surface area contributed by atoms with Crippen molar-refractivity contribution in [3.63, 3.8) is 0 Å². The number of aliphatic carboxylic acids is 1. The Hall–Kier alpha value is -3.30. The molecule has 10 heteroatoms. The lowest BCUT2D eigenvalue weighted by atomic mass is 9.51. The van der Waals surface area contributed by atoms with Crippen molar-refractivity contribution in [2.75, 3.05) is 38.3 Å². The summed E-state index contributed by atoms with van der Waals surface area (Å²) in [6, 6.07) is 8.30. The van der Waals surface area contributed by atoms with Crippen molar-refractivity contribution in [1.29, 1.82) is 0 Å². The first kappa shape index (κ1) is 26.0. The van der Waals surface area contributed by atoms with Crippen LogP contribution >= 0.6 is 0 Å². The van der Waals surface area contributed by atoms with E-state index in [9.17, 15) is 24.3 Å². The van der Waals surface area contributed by atoms with E-state index >= 15 is 0 Å². The molecule has 4 amide bonds. The molecule has 1 unspecified atom stereocenters. The van der Waals surface area contributed by atoms with E-state index in [4.69, 9.17) is 0 Å². The van der Waals surface area contributed by atoms with Crippen LogP contribution in [0.1, 0.15) is 44.9 Å². The minimum absolute atomic E-state index is 0.0600. The number of likely N-dealkylation sites (N-methyl/N-ethyl adjacent to an activating group) is 1. The van der Waals surface area contributed by atoms with Crippen LogP contribution in [0.15, 0.2) is 30.3 Å². The van der Waals surface area contributed by atoms with Crippen LogP contribution in [0, 0.1) is 29.6 Å². The summed E-state index contributed by atoms with van der Waals surface area (Å²) in [4.78, 5) is 56.9. The Labute approximate surface area is 229 Å². The number of nitrogens with one attached hydrogen (secondary N) is 2. The number of likely N-dealkylation sites (tertiary alicyclic amines) is 1. The number of benzene rings is 1. The van der Waals surface area contributed by atoms with Gasteiger partial charge in [-0.05, 0) is 80.8 Å². The lowest BCUT2D eigenvalue weighted by Gasteiger charge is -2.53. The molecule has 6 fully saturated rings. The standard InChI is InChI=1S/C29H39N5O5/c1-32-17-34(22-5-3-2-4-6-22)29(27(32)38)7-9-33(10-8-29)28(39)30-16-23(26(36)37)31-25(35)24-20-12-18-11-19(14-20)15-21(24)13-18/h2-6,18-21,23-24H,7-17H2,1H3,(H,30,39)(H,31,35)(H,36,37). The van der Waals surface area contributed by atoms with Gasteiger partial charge in [-0.25, -0.2) is 9.59 Å². The fourth-order valence-electron chi connectivity index (χ4n) is 8.51. The first-order valence-electron chi connectivity index (χ1n) is 14.4. The van der Waals surface area contributed by atoms with E-state index in [0.717, 1.165) is 43.2 Å². The van der Waals surface area contributed by atoms with Crippen LogP contribution in [0.2, 0.25) is 0 Å². The van der Waals surface area contributed by atoms with Crippen LogP contribution in [0.4, 0.5) is 10.5 Å². The summed E-state index contributed by atoms with van der Waals surface area (Å²) < 4.78 is 0. The van der Waals surface area contributed by atoms with Crippen LogP contribution in [-0.4, -0.2) is 83.7 Å². The van der Waals surface area contributed by atoms with Gasteiger partial charge in [0.05, 0.1) is 13.2 Å². The molecule has 7 rings (SSSR count). The highest BCUT2D eigenvalue weighted by molar-refractivity contribution is 5.93. The highest BCUT2D eigenvalue weighted by atomic mass is 16.4. The topological polar surface area (TPSA) is 122 Å². The van der Waals surface area contributed by atoms with Gasteiger partial charge in [-0.2, -0.15) is 0 Å². The van der Waals surface area contributed by atoms with Gasteiger partial charge in [-0.1, -0.05) is 18.2 Å². The summed E-state index contributed by atoms with van der Waals surface area (Å²) in [5.74, 6) is 0.813. The van der Waals surface area contributed by atoms with E-state index in [0.29, 0.717) is 44.4 Å². The van der Waals surface area contributed by atoms with E-state index in [1.54, 1.807) is 16.8 Å². The molecule has 1 atom stereocenters. The van der Waals surface area contributed by atoms with E-state index in [1.807, 2.05) is 30.3 Å². The van der Waals surface area contributed by atoms with Crippen LogP contribution < -0.4 is 15.5 Å². The number of carboxylic acids is 1. The van der Waals surface area contributed by atoms with Gasteiger partial charge in [0.2, 0.25) is 11.8 Å². The Balaban J connectivity index is 1.04. The minimum Gasteiger partial charge on any atom is -0.480 e. The summed E-state index contributed by atoms with van der Waals surface area (Å²) in [5, 5.41) is 15.3. The molecule has 0 radical (unpaired) electrons. The Bertz CT molecular complexity index is 1110. The molecule has 210 valence electrons. The number of carbonyl (C=O) groups excluding carboxylic acids is 3. The summed E-state index contributed by atoms with van der Waals surface area (Å²) in [7, 11) is 1.80. The third kappa shape index (κ3) is 4.61. The molecule has 3 N–H and O–H groups in total. The molecular formula is C29H39N5O5. The SMILES string of the molecule is CN1CN(c2ccccc2)C2(CCN(C(=O)NCC(NC(=O)C3C4CC5CC(C4)CC3C5)C(=O)O)CC2)C1=O. The average molecular weight is 538 g/mol. The second-order valence-electron chi connectivity index (χ2n) is 12.5. The number of anilines is 1. The number of carbonyl (C=O) groups is 4. The van der Waals surface area contributed by atoms with Gasteiger partial charge in [0.1, 0.15) is 11.6 Å². The van der Waals surface area contributed by atoms with Gasteiger partial charge >= 0.3 is 12.0 Å². The first-order valence-corrected chi connectivity index (χ1v) is 14.4. The Morgan fingerprint density at radius 2 is 1.62 bits per heavy atom. The number of amides is 4. The lowest BCUT2D eigenvalue weighted by Crippen LogP contribution is -2.59. The molecule has 0 aromatic heterocycles. The quantitative estimate of drug-likeness (QED) is 0.511. The van der Waals surface area contributed by atoms with Gasteiger partial charge in [0.15, 0.2) is 0 Å². The van der Waals surface area contributed by atoms with Gasteiger partial charge < -0.3 is 30.4 Å². The third-order valence-corrected chi connectivity index (χ3v) is 10.2. The number of rotatable bonds is 6. The van der Waals surface area contributed by atoms with Gasteiger partial charge in [0, 0.05) is 31.7 Å². The molecule has 2 aliphatic heterocycles. The van der Waals surface area contributed by atoms with E-state index in [2.05, 4.69) is 15.5 Å². The van der Waals surface area contributed by atoms with E-state index in [1.165, 1.54) is 6.42 Å². The fourth-order valence-corrected chi connectivity index (χ4v) is 8.51. The molecule has 2 saturated heterocycles. The zero-order chi connectivity index (χ0) is 27.3. The van der Waals surface area contributed by atoms with Crippen molar-refractivity contribution in [3.8, 4) is 0 Å². The van der Waals surface area contributed by atoms with Crippen molar-refractivity contribution in [1.82, 2.24) is 20.4 Å². The van der Waals surface area contributed by atoms with Gasteiger partial charge in [-0.3, -0.25) is 9.59 Å². The number of carboxylic acid groups (broad SMARTS) is 1. The molecule has 1 spiro atoms. The zero-order valence-corrected chi connectivity index (χ0v) is 22.6. The van der Waals surface area contributed by atoms with Crippen molar-refractivity contribution < 1.29 is 24.3 Å². The largest absolute Gasteiger partial charge is 0.480 e. The number of nitrogens with zero attached hydrogens (tertiary/aromatic N) is 3. The highest BCUT2D eigenvalue weighted by Crippen LogP contribution is 2.56. The molecule has 4 saturated carbocycles. The second-order valence-corrected chi connectivity index (χ2v) is 12.5. The van der Waals surface area contributed by atoms with Crippen LogP contribution in [0.5, 0.6) is 0 Å². The lowest BCUT2D eigenvalue weighted by molar-refractivity contribution is -0.146. The normalized spacial score (nSPS) is 31.5. The predicted octanol–water partition coefficient (Wildman–Crippen LogP) is 2.11. The summed E-state index contributed by atoms with van der Waals surface area (Å²) in [5.41, 5.74) is 0.288. The van der Waals surface area contributed by atoms with Crippen molar-refractivity contribution in [3.05, 3.63) is 30.3 Å². The Morgan fingerprint density at radius 3 is 2.21 bits per heavy atom. The average Bonchev–Trinajstić information content (AvgIpc) is 3.16. The van der Waals surface area contributed by atoms with Crippen LogP contribution in [0.25, 0.3) is 0 Å². The van der Waals surface area contributed by atoms with E-state index < -0.39 is 17.6 Å². The van der Waals surface area contributed by atoms with E-state index in [-0.39, 0.29) is 30.3 Å². The Morgan fingerprint density at radius 1 is 1.00 bits per heavy atom. The summed E-state index contributed by atoms with van der Waals surface area (Å²) >= 11 is 0. The fraction of sp³-hybridized carbons (Fsp3) is 0.655. The molecule has 1 aromatic rings. The molecule has 1 aromatic carbocycles. The molecule has 4 aliphatic carbocycles. The molecule has 10 nitrogen and oxygen atoms in total. The van der Waals surface area contributed by atoms with Crippen molar-refractivity contribution in [2.45, 2.75) is 56.5 Å². The molecule has 39 heavy (non-hydrogen) atoms. The zero-order valence-electron chi connectivity index (χ0n) is 22.6. The highest BCUT2D eigenvalue weighted by Gasteiger charge is 2.53. The third-order valence-electron chi connectivity index (χ3n) is 10.2. The maximum Gasteiger partial charge on any atom is 0.328 e. The number of hydrogen-bond acceptors (Lipinski definition) is 5. The summed E-state index contributed by atoms with van der Waals surface area (Å²) in [6.45, 7) is 1.09. The Kier molecular flexibility index (Phi) is 6.67. The molecule has 4 bridgehead atoms. The molecule has 2 heterocycles. The van der Waals surface area contributed by atoms with Crippen LogP contribution in [0.3, 0.4) is 0 Å². The number of piperidine rings is 1. The monoisotopic (exact) mass is 537 g/mol.